The number of carbonyl (C=O) groups is 1. The lowest BCUT2D eigenvalue weighted by molar-refractivity contribution is -0.119. The number of rotatable bonds is 6. The van der Waals surface area contributed by atoms with Gasteiger partial charge in [0.05, 0.1) is 16.7 Å². The minimum absolute atomic E-state index is 0.00317. The van der Waals surface area contributed by atoms with Gasteiger partial charge in [-0.2, -0.15) is 0 Å². The summed E-state index contributed by atoms with van der Waals surface area (Å²) >= 11 is 4.67. The van der Waals surface area contributed by atoms with Crippen LogP contribution in [0.4, 0.5) is 0 Å². The van der Waals surface area contributed by atoms with E-state index in [4.69, 9.17) is 0 Å². The first-order valence-corrected chi connectivity index (χ1v) is 9.78. The number of hydrogen-bond acceptors (Lipinski definition) is 6. The van der Waals surface area contributed by atoms with Crippen LogP contribution in [0.15, 0.2) is 40.2 Å². The zero-order chi connectivity index (χ0) is 16.2. The van der Waals surface area contributed by atoms with Gasteiger partial charge < -0.3 is 9.88 Å². The highest BCUT2D eigenvalue weighted by Gasteiger charge is 2.15. The van der Waals surface area contributed by atoms with Crippen LogP contribution in [0, 0.1) is 0 Å². The molecule has 1 N–H and O–H groups in total. The third-order valence-electron chi connectivity index (χ3n) is 3.26. The van der Waals surface area contributed by atoms with Gasteiger partial charge in [-0.25, -0.2) is 0 Å². The Labute approximate surface area is 146 Å². The van der Waals surface area contributed by atoms with E-state index in [1.54, 1.807) is 22.7 Å². The van der Waals surface area contributed by atoms with Gasteiger partial charge in [0.15, 0.2) is 11.0 Å². The van der Waals surface area contributed by atoms with Crippen LogP contribution in [-0.2, 0) is 11.8 Å². The van der Waals surface area contributed by atoms with E-state index in [9.17, 15) is 4.79 Å². The highest BCUT2D eigenvalue weighted by Crippen LogP contribution is 2.26. The number of nitrogens with one attached hydrogen (secondary N) is 1. The van der Waals surface area contributed by atoms with E-state index in [1.807, 2.05) is 53.6 Å². The SMILES string of the molecule is CC(NC(=O)CSc1nnc(-c2cccs2)n1C)c1cccs1. The minimum Gasteiger partial charge on any atom is -0.348 e. The second-order valence-corrected chi connectivity index (χ2v) is 7.81. The quantitative estimate of drug-likeness (QED) is 0.679. The van der Waals surface area contributed by atoms with E-state index in [2.05, 4.69) is 15.5 Å². The Balaban J connectivity index is 1.57. The van der Waals surface area contributed by atoms with E-state index in [1.165, 1.54) is 11.8 Å². The molecule has 0 saturated carbocycles. The highest BCUT2D eigenvalue weighted by atomic mass is 32.2. The van der Waals surface area contributed by atoms with E-state index >= 15 is 0 Å². The highest BCUT2D eigenvalue weighted by molar-refractivity contribution is 7.99. The number of amides is 1. The molecular weight excluding hydrogens is 348 g/mol. The van der Waals surface area contributed by atoms with Crippen molar-refractivity contribution in [1.82, 2.24) is 20.1 Å². The molecule has 0 aliphatic carbocycles. The molecule has 3 aromatic heterocycles. The van der Waals surface area contributed by atoms with E-state index in [0.29, 0.717) is 5.75 Å². The maximum absolute atomic E-state index is 12.1. The number of aromatic nitrogens is 3. The van der Waals surface area contributed by atoms with E-state index in [0.717, 1.165) is 20.7 Å². The Hall–Kier alpha value is -1.64. The molecule has 1 unspecified atom stereocenters. The fourth-order valence-electron chi connectivity index (χ4n) is 2.08. The number of hydrogen-bond donors (Lipinski definition) is 1. The van der Waals surface area contributed by atoms with Gasteiger partial charge in [-0.1, -0.05) is 23.9 Å². The average molecular weight is 365 g/mol. The molecular formula is C15H16N4OS3. The van der Waals surface area contributed by atoms with Gasteiger partial charge in [0.25, 0.3) is 0 Å². The number of nitrogens with zero attached hydrogens (tertiary/aromatic N) is 3. The van der Waals surface area contributed by atoms with Crippen molar-refractivity contribution < 1.29 is 4.79 Å². The van der Waals surface area contributed by atoms with Crippen LogP contribution in [0.5, 0.6) is 0 Å². The zero-order valence-corrected chi connectivity index (χ0v) is 15.2. The average Bonchev–Trinajstić information content (AvgIpc) is 3.27. The van der Waals surface area contributed by atoms with Gasteiger partial charge >= 0.3 is 0 Å². The van der Waals surface area contributed by atoms with Crippen molar-refractivity contribution in [2.24, 2.45) is 7.05 Å². The van der Waals surface area contributed by atoms with Crippen molar-refractivity contribution in [3.8, 4) is 10.7 Å². The summed E-state index contributed by atoms with van der Waals surface area (Å²) in [7, 11) is 1.92. The number of thiophene rings is 2. The van der Waals surface area contributed by atoms with Gasteiger partial charge in [-0.3, -0.25) is 4.79 Å². The summed E-state index contributed by atoms with van der Waals surface area (Å²) in [5, 5.41) is 16.2. The van der Waals surface area contributed by atoms with Crippen LogP contribution in [0.2, 0.25) is 0 Å². The van der Waals surface area contributed by atoms with Crippen LogP contribution in [-0.4, -0.2) is 26.4 Å². The third kappa shape index (κ3) is 3.82. The first kappa shape index (κ1) is 16.2. The second kappa shape index (κ2) is 7.29. The van der Waals surface area contributed by atoms with E-state index in [-0.39, 0.29) is 11.9 Å². The molecule has 5 nitrogen and oxygen atoms in total. The van der Waals surface area contributed by atoms with Gasteiger partial charge in [-0.05, 0) is 29.8 Å². The third-order valence-corrected chi connectivity index (χ3v) is 6.20. The molecule has 0 saturated heterocycles. The molecule has 3 heterocycles. The molecule has 1 amide bonds. The summed E-state index contributed by atoms with van der Waals surface area (Å²) in [6, 6.07) is 8.05. The Bertz CT molecular complexity index is 765. The molecule has 1 atom stereocenters. The van der Waals surface area contributed by atoms with Gasteiger partial charge in [-0.15, -0.1) is 32.9 Å². The standard InChI is InChI=1S/C15H16N4OS3/c1-10(11-5-3-7-21-11)16-13(20)9-23-15-18-17-14(19(15)2)12-6-4-8-22-12/h3-8,10H,9H2,1-2H3,(H,16,20). The largest absolute Gasteiger partial charge is 0.348 e. The molecule has 0 aromatic carbocycles. The molecule has 0 aliphatic rings. The monoisotopic (exact) mass is 364 g/mol. The summed E-state index contributed by atoms with van der Waals surface area (Å²) in [4.78, 5) is 14.3. The van der Waals surface area contributed by atoms with Crippen LogP contribution in [0.3, 0.4) is 0 Å². The number of thioether (sulfide) groups is 1. The molecule has 0 aliphatic heterocycles. The lowest BCUT2D eigenvalue weighted by atomic mass is 10.3. The summed E-state index contributed by atoms with van der Waals surface area (Å²) < 4.78 is 1.92. The fraction of sp³-hybridized carbons (Fsp3) is 0.267. The molecule has 23 heavy (non-hydrogen) atoms. The lowest BCUT2D eigenvalue weighted by Crippen LogP contribution is -2.27. The van der Waals surface area contributed by atoms with Crippen molar-refractivity contribution in [2.75, 3.05) is 5.75 Å². The first-order chi connectivity index (χ1) is 11.1. The predicted octanol–water partition coefficient (Wildman–Crippen LogP) is 3.57. The van der Waals surface area contributed by atoms with Crippen molar-refractivity contribution in [2.45, 2.75) is 18.1 Å². The Morgan fingerprint density at radius 3 is 2.78 bits per heavy atom. The molecule has 0 radical (unpaired) electrons. The summed E-state index contributed by atoms with van der Waals surface area (Å²) in [6.07, 6.45) is 0. The van der Waals surface area contributed by atoms with Crippen molar-refractivity contribution in [3.05, 3.63) is 39.9 Å². The molecule has 0 bridgehead atoms. The Morgan fingerprint density at radius 1 is 1.30 bits per heavy atom. The zero-order valence-electron chi connectivity index (χ0n) is 12.7. The molecule has 0 spiro atoms. The Kier molecular flexibility index (Phi) is 5.14. The predicted molar refractivity (Wildman–Crippen MR) is 95.9 cm³/mol. The van der Waals surface area contributed by atoms with Crippen molar-refractivity contribution in [1.29, 1.82) is 0 Å². The molecule has 8 heteroatoms. The van der Waals surface area contributed by atoms with Crippen LogP contribution >= 0.6 is 34.4 Å². The molecule has 120 valence electrons. The van der Waals surface area contributed by atoms with Gasteiger partial charge in [0.1, 0.15) is 0 Å². The normalized spacial score (nSPS) is 12.3. The van der Waals surface area contributed by atoms with Crippen LogP contribution in [0.25, 0.3) is 10.7 Å². The lowest BCUT2D eigenvalue weighted by Gasteiger charge is -2.11. The minimum atomic E-state index is -0.00317. The molecule has 3 aromatic rings. The second-order valence-electron chi connectivity index (χ2n) is 4.94. The van der Waals surface area contributed by atoms with Crippen LogP contribution in [0.1, 0.15) is 17.8 Å². The van der Waals surface area contributed by atoms with Crippen molar-refractivity contribution >= 4 is 40.3 Å². The van der Waals surface area contributed by atoms with E-state index < -0.39 is 0 Å². The maximum atomic E-state index is 12.1. The summed E-state index contributed by atoms with van der Waals surface area (Å²) in [5.41, 5.74) is 0. The number of carbonyl (C=O) groups excluding carboxylic acids is 1. The fourth-order valence-corrected chi connectivity index (χ4v) is 4.28. The topological polar surface area (TPSA) is 59.8 Å². The van der Waals surface area contributed by atoms with Crippen LogP contribution < -0.4 is 5.32 Å². The smallest absolute Gasteiger partial charge is 0.230 e. The van der Waals surface area contributed by atoms with Crippen molar-refractivity contribution in [3.63, 3.8) is 0 Å². The summed E-state index contributed by atoms with van der Waals surface area (Å²) in [5.74, 6) is 1.15. The van der Waals surface area contributed by atoms with Gasteiger partial charge in [0, 0.05) is 11.9 Å². The summed E-state index contributed by atoms with van der Waals surface area (Å²) in [6.45, 7) is 1.99. The Morgan fingerprint density at radius 2 is 2.09 bits per heavy atom. The first-order valence-electron chi connectivity index (χ1n) is 7.04. The molecule has 3 rings (SSSR count). The maximum Gasteiger partial charge on any atom is 0.230 e. The van der Waals surface area contributed by atoms with Gasteiger partial charge in [0.2, 0.25) is 5.91 Å². The molecule has 0 fully saturated rings.